The standard InChI is InChI=1S/C23H26N2/c1-18-17-24-22(16-23(18)25-13-5-2-6-14-25)12-10-19-9-11-20-7-3-4-8-21(20)15-19/h3-4,7-9,11,15-17H,2,5-6,10,12-14H2,1H3. The zero-order valence-electron chi connectivity index (χ0n) is 15.0. The van der Waals surface area contributed by atoms with Crippen LogP contribution in [-0.4, -0.2) is 18.1 Å². The molecule has 2 aromatic carbocycles. The third-order valence-electron chi connectivity index (χ3n) is 5.31. The highest BCUT2D eigenvalue weighted by molar-refractivity contribution is 5.83. The molecule has 0 N–H and O–H groups in total. The molecular weight excluding hydrogens is 304 g/mol. The summed E-state index contributed by atoms with van der Waals surface area (Å²) in [5.74, 6) is 0. The van der Waals surface area contributed by atoms with Crippen LogP contribution in [0.3, 0.4) is 0 Å². The second-order valence-electron chi connectivity index (χ2n) is 7.19. The second-order valence-corrected chi connectivity index (χ2v) is 7.19. The van der Waals surface area contributed by atoms with Gasteiger partial charge in [0.15, 0.2) is 0 Å². The van der Waals surface area contributed by atoms with Crippen molar-refractivity contribution in [3.8, 4) is 0 Å². The largest absolute Gasteiger partial charge is 0.371 e. The molecule has 1 aliphatic rings. The number of aromatic nitrogens is 1. The maximum absolute atomic E-state index is 4.68. The van der Waals surface area contributed by atoms with Crippen LogP contribution >= 0.6 is 0 Å². The van der Waals surface area contributed by atoms with E-state index in [1.54, 1.807) is 0 Å². The molecule has 3 aromatic rings. The minimum absolute atomic E-state index is 0.999. The van der Waals surface area contributed by atoms with Crippen molar-refractivity contribution in [1.29, 1.82) is 0 Å². The summed E-state index contributed by atoms with van der Waals surface area (Å²) in [6.07, 6.45) is 8.09. The molecule has 0 spiro atoms. The van der Waals surface area contributed by atoms with Crippen LogP contribution < -0.4 is 4.90 Å². The smallest absolute Gasteiger partial charge is 0.0429 e. The Morgan fingerprint density at radius 3 is 2.52 bits per heavy atom. The van der Waals surface area contributed by atoms with Gasteiger partial charge in [-0.2, -0.15) is 0 Å². The fourth-order valence-electron chi connectivity index (χ4n) is 3.83. The predicted octanol–water partition coefficient (Wildman–Crippen LogP) is 5.32. The molecule has 0 aliphatic carbocycles. The molecule has 0 saturated carbocycles. The number of rotatable bonds is 4. The Labute approximate surface area is 150 Å². The van der Waals surface area contributed by atoms with Crippen molar-refractivity contribution in [2.24, 2.45) is 0 Å². The fourth-order valence-corrected chi connectivity index (χ4v) is 3.83. The van der Waals surface area contributed by atoms with Gasteiger partial charge in [0, 0.05) is 30.7 Å². The fraction of sp³-hybridized carbons (Fsp3) is 0.348. The molecule has 2 nitrogen and oxygen atoms in total. The second kappa shape index (κ2) is 7.26. The Morgan fingerprint density at radius 2 is 1.68 bits per heavy atom. The quantitative estimate of drug-likeness (QED) is 0.644. The van der Waals surface area contributed by atoms with E-state index >= 15 is 0 Å². The number of hydrogen-bond donors (Lipinski definition) is 0. The van der Waals surface area contributed by atoms with Gasteiger partial charge in [0.1, 0.15) is 0 Å². The summed E-state index contributed by atoms with van der Waals surface area (Å²) < 4.78 is 0. The summed E-state index contributed by atoms with van der Waals surface area (Å²) >= 11 is 0. The van der Waals surface area contributed by atoms with Gasteiger partial charge >= 0.3 is 0 Å². The number of piperidine rings is 1. The van der Waals surface area contributed by atoms with Crippen LogP contribution in [0.4, 0.5) is 5.69 Å². The van der Waals surface area contributed by atoms with E-state index in [0.717, 1.165) is 12.8 Å². The maximum Gasteiger partial charge on any atom is 0.0429 e. The third-order valence-corrected chi connectivity index (χ3v) is 5.31. The molecule has 0 amide bonds. The molecule has 1 aliphatic heterocycles. The minimum Gasteiger partial charge on any atom is -0.371 e. The third kappa shape index (κ3) is 3.68. The Hall–Kier alpha value is -2.35. The molecule has 2 heteroatoms. The van der Waals surface area contributed by atoms with Gasteiger partial charge in [0.25, 0.3) is 0 Å². The molecular formula is C23H26N2. The summed E-state index contributed by atoms with van der Waals surface area (Å²) in [5.41, 5.74) is 5.29. The highest BCUT2D eigenvalue weighted by Gasteiger charge is 2.14. The normalized spacial score (nSPS) is 14.8. The van der Waals surface area contributed by atoms with Crippen molar-refractivity contribution >= 4 is 16.5 Å². The van der Waals surface area contributed by atoms with E-state index in [1.165, 1.54) is 65.6 Å². The van der Waals surface area contributed by atoms with Crippen molar-refractivity contribution in [1.82, 2.24) is 4.98 Å². The lowest BCUT2D eigenvalue weighted by Gasteiger charge is -2.30. The van der Waals surface area contributed by atoms with E-state index in [9.17, 15) is 0 Å². The van der Waals surface area contributed by atoms with E-state index in [1.807, 2.05) is 0 Å². The lowest BCUT2D eigenvalue weighted by Crippen LogP contribution is -2.30. The average molecular weight is 330 g/mol. The van der Waals surface area contributed by atoms with Gasteiger partial charge in [0.05, 0.1) is 0 Å². The van der Waals surface area contributed by atoms with Crippen molar-refractivity contribution in [2.45, 2.75) is 39.0 Å². The van der Waals surface area contributed by atoms with Crippen LogP contribution in [0.15, 0.2) is 54.7 Å². The van der Waals surface area contributed by atoms with Crippen LogP contribution in [0.1, 0.15) is 36.1 Å². The van der Waals surface area contributed by atoms with Gasteiger partial charge in [-0.05, 0) is 67.0 Å². The molecule has 25 heavy (non-hydrogen) atoms. The first-order chi connectivity index (χ1) is 12.3. The minimum atomic E-state index is 0.999. The van der Waals surface area contributed by atoms with E-state index < -0.39 is 0 Å². The Balaban J connectivity index is 1.50. The molecule has 2 heterocycles. The Morgan fingerprint density at radius 1 is 0.880 bits per heavy atom. The molecule has 128 valence electrons. The van der Waals surface area contributed by atoms with Crippen molar-refractivity contribution in [2.75, 3.05) is 18.0 Å². The Kier molecular flexibility index (Phi) is 4.69. The van der Waals surface area contributed by atoms with Gasteiger partial charge in [-0.15, -0.1) is 0 Å². The summed E-state index contributed by atoms with van der Waals surface area (Å²) in [7, 11) is 0. The topological polar surface area (TPSA) is 16.1 Å². The number of pyridine rings is 1. The lowest BCUT2D eigenvalue weighted by atomic mass is 10.0. The van der Waals surface area contributed by atoms with Gasteiger partial charge in [-0.3, -0.25) is 4.98 Å². The number of fused-ring (bicyclic) bond motifs is 1. The SMILES string of the molecule is Cc1cnc(CCc2ccc3ccccc3c2)cc1N1CCCCC1. The lowest BCUT2D eigenvalue weighted by molar-refractivity contribution is 0.576. The van der Waals surface area contributed by atoms with Crippen LogP contribution in [0, 0.1) is 6.92 Å². The highest BCUT2D eigenvalue weighted by Crippen LogP contribution is 2.25. The first-order valence-electron chi connectivity index (χ1n) is 9.48. The van der Waals surface area contributed by atoms with E-state index in [0.29, 0.717) is 0 Å². The van der Waals surface area contributed by atoms with Gasteiger partial charge < -0.3 is 4.90 Å². The molecule has 0 bridgehead atoms. The van der Waals surface area contributed by atoms with Crippen LogP contribution in [-0.2, 0) is 12.8 Å². The molecule has 1 saturated heterocycles. The summed E-state index contributed by atoms with van der Waals surface area (Å²) in [6, 6.07) is 17.7. The summed E-state index contributed by atoms with van der Waals surface area (Å²) in [4.78, 5) is 7.23. The molecule has 0 radical (unpaired) electrons. The molecule has 0 atom stereocenters. The number of benzene rings is 2. The molecule has 4 rings (SSSR count). The molecule has 0 unspecified atom stereocenters. The number of nitrogens with zero attached hydrogens (tertiary/aromatic N) is 2. The summed E-state index contributed by atoms with van der Waals surface area (Å²) in [6.45, 7) is 4.56. The average Bonchev–Trinajstić information content (AvgIpc) is 2.68. The molecule has 1 aromatic heterocycles. The zero-order chi connectivity index (χ0) is 17.1. The van der Waals surface area contributed by atoms with Crippen LogP contribution in [0.2, 0.25) is 0 Å². The monoisotopic (exact) mass is 330 g/mol. The van der Waals surface area contributed by atoms with E-state index in [-0.39, 0.29) is 0 Å². The van der Waals surface area contributed by atoms with Gasteiger partial charge in [-0.1, -0.05) is 42.5 Å². The molecule has 1 fully saturated rings. The van der Waals surface area contributed by atoms with Crippen molar-refractivity contribution < 1.29 is 0 Å². The zero-order valence-corrected chi connectivity index (χ0v) is 15.0. The van der Waals surface area contributed by atoms with Gasteiger partial charge in [-0.25, -0.2) is 0 Å². The highest BCUT2D eigenvalue weighted by atomic mass is 15.1. The Bertz CT molecular complexity index is 863. The number of hydrogen-bond acceptors (Lipinski definition) is 2. The van der Waals surface area contributed by atoms with Crippen LogP contribution in [0.5, 0.6) is 0 Å². The van der Waals surface area contributed by atoms with Crippen molar-refractivity contribution in [3.63, 3.8) is 0 Å². The number of anilines is 1. The summed E-state index contributed by atoms with van der Waals surface area (Å²) in [5, 5.41) is 2.64. The first-order valence-corrected chi connectivity index (χ1v) is 9.48. The van der Waals surface area contributed by atoms with E-state index in [2.05, 4.69) is 71.5 Å². The first kappa shape index (κ1) is 16.1. The van der Waals surface area contributed by atoms with Crippen LogP contribution in [0.25, 0.3) is 10.8 Å². The van der Waals surface area contributed by atoms with Crippen molar-refractivity contribution in [3.05, 3.63) is 71.5 Å². The van der Waals surface area contributed by atoms with E-state index in [4.69, 9.17) is 0 Å². The number of aryl methyl sites for hydroxylation is 3. The predicted molar refractivity (Wildman–Crippen MR) is 106 cm³/mol. The van der Waals surface area contributed by atoms with Gasteiger partial charge in [0.2, 0.25) is 0 Å². The maximum atomic E-state index is 4.68.